The Morgan fingerprint density at radius 2 is 1.79 bits per heavy atom. The number of halogens is 1. The van der Waals surface area contributed by atoms with Crippen LogP contribution in [-0.2, 0) is 16.6 Å². The van der Waals surface area contributed by atoms with Crippen LogP contribution in [0.1, 0.15) is 11.3 Å². The van der Waals surface area contributed by atoms with Gasteiger partial charge in [-0.3, -0.25) is 4.31 Å². The first-order chi connectivity index (χ1) is 11.5. The van der Waals surface area contributed by atoms with E-state index in [1.165, 1.54) is 28.8 Å². The summed E-state index contributed by atoms with van der Waals surface area (Å²) >= 11 is 0. The van der Waals surface area contributed by atoms with Crippen molar-refractivity contribution < 1.29 is 17.2 Å². The quantitative estimate of drug-likeness (QED) is 0.699. The number of rotatable bonds is 5. The van der Waals surface area contributed by atoms with Crippen molar-refractivity contribution in [2.45, 2.75) is 18.4 Å². The Balaban J connectivity index is 2.07. The van der Waals surface area contributed by atoms with Gasteiger partial charge in [-0.15, -0.1) is 0 Å². The number of anilines is 1. The highest BCUT2D eigenvalue weighted by Crippen LogP contribution is 2.26. The van der Waals surface area contributed by atoms with Gasteiger partial charge >= 0.3 is 0 Å². The molecular weight excluding hydrogens is 329 g/mol. The molecule has 124 valence electrons. The van der Waals surface area contributed by atoms with E-state index < -0.39 is 15.8 Å². The van der Waals surface area contributed by atoms with Crippen LogP contribution >= 0.6 is 0 Å². The molecule has 1 heterocycles. The van der Waals surface area contributed by atoms with Crippen LogP contribution in [0.25, 0.3) is 0 Å². The van der Waals surface area contributed by atoms with Gasteiger partial charge in [0.2, 0.25) is 0 Å². The van der Waals surface area contributed by atoms with Gasteiger partial charge in [0.05, 0.1) is 23.4 Å². The van der Waals surface area contributed by atoms with Gasteiger partial charge in [0, 0.05) is 0 Å². The van der Waals surface area contributed by atoms with Gasteiger partial charge in [-0.25, -0.2) is 12.8 Å². The summed E-state index contributed by atoms with van der Waals surface area (Å²) in [6, 6.07) is 15.5. The van der Waals surface area contributed by atoms with E-state index in [0.717, 1.165) is 11.6 Å². The van der Waals surface area contributed by atoms with E-state index in [0.29, 0.717) is 11.4 Å². The molecule has 6 heteroatoms. The second-order valence-corrected chi connectivity index (χ2v) is 7.25. The van der Waals surface area contributed by atoms with E-state index in [4.69, 9.17) is 4.42 Å². The summed E-state index contributed by atoms with van der Waals surface area (Å²) in [7, 11) is -3.93. The van der Waals surface area contributed by atoms with Crippen molar-refractivity contribution in [2.24, 2.45) is 0 Å². The van der Waals surface area contributed by atoms with E-state index in [9.17, 15) is 12.8 Å². The van der Waals surface area contributed by atoms with Gasteiger partial charge in [-0.1, -0.05) is 23.8 Å². The van der Waals surface area contributed by atoms with Gasteiger partial charge in [0.25, 0.3) is 10.0 Å². The minimum atomic E-state index is -3.93. The SMILES string of the molecule is Cc1ccc(N(Cc2ccco2)S(=O)(=O)c2cccc(F)c2)cc1. The predicted octanol–water partition coefficient (Wildman–Crippen LogP) is 4.12. The molecule has 0 unspecified atom stereocenters. The molecule has 0 atom stereocenters. The molecule has 3 aromatic rings. The van der Waals surface area contributed by atoms with Crippen molar-refractivity contribution in [3.8, 4) is 0 Å². The second kappa shape index (κ2) is 6.49. The van der Waals surface area contributed by atoms with Crippen LogP contribution in [0.3, 0.4) is 0 Å². The Bertz CT molecular complexity index is 919. The van der Waals surface area contributed by atoms with Crippen molar-refractivity contribution in [1.29, 1.82) is 0 Å². The highest BCUT2D eigenvalue weighted by Gasteiger charge is 2.26. The first kappa shape index (κ1) is 16.3. The summed E-state index contributed by atoms with van der Waals surface area (Å²) < 4.78 is 46.0. The molecule has 0 saturated carbocycles. The Morgan fingerprint density at radius 3 is 2.42 bits per heavy atom. The summed E-state index contributed by atoms with van der Waals surface area (Å²) in [5.41, 5.74) is 1.50. The Morgan fingerprint density at radius 1 is 1.04 bits per heavy atom. The van der Waals surface area contributed by atoms with Crippen LogP contribution in [0.4, 0.5) is 10.1 Å². The molecule has 0 saturated heterocycles. The molecule has 2 aromatic carbocycles. The van der Waals surface area contributed by atoms with Gasteiger partial charge in [0.15, 0.2) is 0 Å². The molecule has 0 aliphatic carbocycles. The third kappa shape index (κ3) is 3.33. The molecule has 0 aliphatic heterocycles. The van der Waals surface area contributed by atoms with E-state index in [1.54, 1.807) is 24.3 Å². The fourth-order valence-electron chi connectivity index (χ4n) is 2.32. The van der Waals surface area contributed by atoms with Crippen LogP contribution in [0, 0.1) is 12.7 Å². The summed E-state index contributed by atoms with van der Waals surface area (Å²) in [5.74, 6) is -0.103. The first-order valence-electron chi connectivity index (χ1n) is 7.34. The van der Waals surface area contributed by atoms with Gasteiger partial charge in [-0.2, -0.15) is 0 Å². The lowest BCUT2D eigenvalue weighted by molar-refractivity contribution is 0.508. The topological polar surface area (TPSA) is 50.5 Å². The van der Waals surface area contributed by atoms with Gasteiger partial charge in [0.1, 0.15) is 11.6 Å². The van der Waals surface area contributed by atoms with Crippen molar-refractivity contribution in [2.75, 3.05) is 4.31 Å². The average molecular weight is 345 g/mol. The second-order valence-electron chi connectivity index (χ2n) is 5.38. The number of sulfonamides is 1. The van der Waals surface area contributed by atoms with E-state index in [2.05, 4.69) is 0 Å². The van der Waals surface area contributed by atoms with Gasteiger partial charge < -0.3 is 4.42 Å². The molecular formula is C18H16FNO3S. The molecule has 0 fully saturated rings. The number of furan rings is 1. The fraction of sp³-hybridized carbons (Fsp3) is 0.111. The summed E-state index contributed by atoms with van der Waals surface area (Å²) in [4.78, 5) is -0.102. The zero-order valence-electron chi connectivity index (χ0n) is 13.0. The Kier molecular flexibility index (Phi) is 4.40. The van der Waals surface area contributed by atoms with Gasteiger partial charge in [-0.05, 0) is 49.4 Å². The number of nitrogens with zero attached hydrogens (tertiary/aromatic N) is 1. The number of hydrogen-bond donors (Lipinski definition) is 0. The van der Waals surface area contributed by atoms with Crippen molar-refractivity contribution in [3.63, 3.8) is 0 Å². The Hall–Kier alpha value is -2.60. The molecule has 24 heavy (non-hydrogen) atoms. The molecule has 0 amide bonds. The lowest BCUT2D eigenvalue weighted by Crippen LogP contribution is -2.30. The molecule has 0 aliphatic rings. The van der Waals surface area contributed by atoms with Crippen molar-refractivity contribution in [3.05, 3.63) is 84.1 Å². The van der Waals surface area contributed by atoms with Crippen LogP contribution in [0.15, 0.2) is 76.2 Å². The summed E-state index contributed by atoms with van der Waals surface area (Å²) in [6.45, 7) is 1.94. The maximum absolute atomic E-state index is 13.5. The number of aryl methyl sites for hydroxylation is 1. The third-order valence-electron chi connectivity index (χ3n) is 3.59. The zero-order chi connectivity index (χ0) is 17.2. The summed E-state index contributed by atoms with van der Waals surface area (Å²) in [5, 5.41) is 0. The highest BCUT2D eigenvalue weighted by molar-refractivity contribution is 7.92. The van der Waals surface area contributed by atoms with E-state index >= 15 is 0 Å². The lowest BCUT2D eigenvalue weighted by Gasteiger charge is -2.24. The van der Waals surface area contributed by atoms with Crippen molar-refractivity contribution in [1.82, 2.24) is 0 Å². The van der Waals surface area contributed by atoms with Crippen LogP contribution < -0.4 is 4.31 Å². The number of hydrogen-bond acceptors (Lipinski definition) is 3. The first-order valence-corrected chi connectivity index (χ1v) is 8.78. The standard InChI is InChI=1S/C18H16FNO3S/c1-14-7-9-16(10-8-14)20(13-17-5-3-11-23-17)24(21,22)18-6-2-4-15(19)12-18/h2-12H,13H2,1H3. The number of benzene rings is 2. The maximum atomic E-state index is 13.5. The largest absolute Gasteiger partial charge is 0.467 e. The molecule has 0 N–H and O–H groups in total. The maximum Gasteiger partial charge on any atom is 0.264 e. The predicted molar refractivity (Wildman–Crippen MR) is 89.7 cm³/mol. The highest BCUT2D eigenvalue weighted by atomic mass is 32.2. The van der Waals surface area contributed by atoms with Crippen LogP contribution in [-0.4, -0.2) is 8.42 Å². The molecule has 0 bridgehead atoms. The fourth-order valence-corrected chi connectivity index (χ4v) is 3.79. The zero-order valence-corrected chi connectivity index (χ0v) is 13.8. The van der Waals surface area contributed by atoms with E-state index in [1.807, 2.05) is 19.1 Å². The smallest absolute Gasteiger partial charge is 0.264 e. The van der Waals surface area contributed by atoms with E-state index in [-0.39, 0.29) is 11.4 Å². The summed E-state index contributed by atoms with van der Waals surface area (Å²) in [6.07, 6.45) is 1.48. The van der Waals surface area contributed by atoms with Crippen LogP contribution in [0.5, 0.6) is 0 Å². The normalized spacial score (nSPS) is 11.4. The third-order valence-corrected chi connectivity index (χ3v) is 5.36. The molecule has 0 spiro atoms. The van der Waals surface area contributed by atoms with Crippen molar-refractivity contribution >= 4 is 15.7 Å². The molecule has 3 rings (SSSR count). The molecule has 1 aromatic heterocycles. The monoisotopic (exact) mass is 345 g/mol. The van der Waals surface area contributed by atoms with Crippen LogP contribution in [0.2, 0.25) is 0 Å². The molecule has 4 nitrogen and oxygen atoms in total. The molecule has 0 radical (unpaired) electrons. The lowest BCUT2D eigenvalue weighted by atomic mass is 10.2. The minimum Gasteiger partial charge on any atom is -0.467 e. The minimum absolute atomic E-state index is 0.0227. The Labute approximate surface area is 140 Å². The average Bonchev–Trinajstić information content (AvgIpc) is 3.07.